The number of rotatable bonds is 1. The fourth-order valence-electron chi connectivity index (χ4n) is 1.83. The third kappa shape index (κ3) is 1.26. The summed E-state index contributed by atoms with van der Waals surface area (Å²) in [5, 5.41) is -0.287. The molecule has 1 heterocycles. The van der Waals surface area contributed by atoms with Crippen LogP contribution in [0.1, 0.15) is 18.1 Å². The zero-order valence-electron chi connectivity index (χ0n) is 8.03. The van der Waals surface area contributed by atoms with E-state index in [0.29, 0.717) is 17.9 Å². The molecule has 0 aliphatic carbocycles. The Hall–Kier alpha value is -0.870. The molecule has 1 atom stereocenters. The summed E-state index contributed by atoms with van der Waals surface area (Å²) in [6.07, 6.45) is 0.617. The van der Waals surface area contributed by atoms with Gasteiger partial charge in [-0.1, -0.05) is 12.1 Å². The summed E-state index contributed by atoms with van der Waals surface area (Å²) in [6, 6.07) is 5.36. The highest BCUT2D eigenvalue weighted by atomic mass is 32.2. The molecule has 0 bridgehead atoms. The lowest BCUT2D eigenvalue weighted by Gasteiger charge is -2.01. The number of fused-ring (bicyclic) bond motifs is 1. The van der Waals surface area contributed by atoms with Crippen LogP contribution in [0.2, 0.25) is 0 Å². The van der Waals surface area contributed by atoms with Gasteiger partial charge in [0.25, 0.3) is 0 Å². The summed E-state index contributed by atoms with van der Waals surface area (Å²) < 4.78 is 23.5. The zero-order valence-corrected chi connectivity index (χ0v) is 8.84. The number of hydrogen-bond acceptors (Lipinski definition) is 3. The standard InChI is InChI=1S/C10H13NO2S/c1-7-4-9-5-8(6-11)2-3-10(9)14(7,12)13/h2-3,5,7H,4,6,11H2,1H3. The second-order valence-electron chi connectivity index (χ2n) is 3.71. The van der Waals surface area contributed by atoms with Crippen LogP contribution >= 0.6 is 0 Å². The molecular weight excluding hydrogens is 198 g/mol. The monoisotopic (exact) mass is 211 g/mol. The van der Waals surface area contributed by atoms with Gasteiger partial charge in [-0.25, -0.2) is 8.42 Å². The summed E-state index contributed by atoms with van der Waals surface area (Å²) in [6.45, 7) is 2.21. The van der Waals surface area contributed by atoms with Crippen molar-refractivity contribution < 1.29 is 8.42 Å². The first kappa shape index (κ1) is 9.68. The molecule has 0 fully saturated rings. The molecule has 0 amide bonds. The maximum Gasteiger partial charge on any atom is 0.181 e. The minimum absolute atomic E-state index is 0.287. The third-order valence-electron chi connectivity index (χ3n) is 2.70. The number of nitrogens with two attached hydrogens (primary N) is 1. The Labute approximate surface area is 83.9 Å². The fourth-order valence-corrected chi connectivity index (χ4v) is 3.43. The Bertz CT molecular complexity index is 465. The van der Waals surface area contributed by atoms with Crippen molar-refractivity contribution in [3.63, 3.8) is 0 Å². The Balaban J connectivity index is 2.60. The van der Waals surface area contributed by atoms with Gasteiger partial charge in [0.05, 0.1) is 10.1 Å². The quantitative estimate of drug-likeness (QED) is 0.749. The molecule has 1 aliphatic rings. The highest BCUT2D eigenvalue weighted by Crippen LogP contribution is 2.31. The minimum Gasteiger partial charge on any atom is -0.326 e. The van der Waals surface area contributed by atoms with Gasteiger partial charge in [0.1, 0.15) is 0 Å². The van der Waals surface area contributed by atoms with E-state index in [2.05, 4.69) is 0 Å². The van der Waals surface area contributed by atoms with E-state index in [4.69, 9.17) is 5.73 Å². The highest BCUT2D eigenvalue weighted by Gasteiger charge is 2.33. The van der Waals surface area contributed by atoms with Crippen LogP contribution in [0.25, 0.3) is 0 Å². The first-order valence-electron chi connectivity index (χ1n) is 4.61. The summed E-state index contributed by atoms with van der Waals surface area (Å²) in [4.78, 5) is 0.488. The maximum atomic E-state index is 11.8. The van der Waals surface area contributed by atoms with E-state index in [9.17, 15) is 8.42 Å². The number of benzene rings is 1. The molecule has 1 aliphatic heterocycles. The van der Waals surface area contributed by atoms with Crippen LogP contribution in [0.5, 0.6) is 0 Å². The van der Waals surface area contributed by atoms with E-state index >= 15 is 0 Å². The lowest BCUT2D eigenvalue weighted by Crippen LogP contribution is -2.11. The van der Waals surface area contributed by atoms with Gasteiger partial charge in [0, 0.05) is 6.54 Å². The highest BCUT2D eigenvalue weighted by molar-refractivity contribution is 7.92. The minimum atomic E-state index is -3.05. The van der Waals surface area contributed by atoms with Crippen molar-refractivity contribution >= 4 is 9.84 Å². The zero-order chi connectivity index (χ0) is 10.3. The van der Waals surface area contributed by atoms with Crippen LogP contribution in [0.15, 0.2) is 23.1 Å². The van der Waals surface area contributed by atoms with Crippen LogP contribution in [0.4, 0.5) is 0 Å². The van der Waals surface area contributed by atoms with Crippen molar-refractivity contribution in [3.8, 4) is 0 Å². The van der Waals surface area contributed by atoms with Crippen molar-refractivity contribution in [2.45, 2.75) is 30.0 Å². The molecular formula is C10H13NO2S. The molecule has 0 radical (unpaired) electrons. The molecule has 0 saturated carbocycles. The fraction of sp³-hybridized carbons (Fsp3) is 0.400. The summed E-state index contributed by atoms with van der Waals surface area (Å²) >= 11 is 0. The second-order valence-corrected chi connectivity index (χ2v) is 6.04. The largest absolute Gasteiger partial charge is 0.326 e. The summed E-state index contributed by atoms with van der Waals surface area (Å²) in [5.74, 6) is 0. The number of hydrogen-bond donors (Lipinski definition) is 1. The predicted octanol–water partition coefficient (Wildman–Crippen LogP) is 0.864. The Morgan fingerprint density at radius 1 is 1.50 bits per heavy atom. The van der Waals surface area contributed by atoms with Crippen molar-refractivity contribution in [2.24, 2.45) is 5.73 Å². The predicted molar refractivity (Wildman–Crippen MR) is 54.7 cm³/mol. The first-order valence-corrected chi connectivity index (χ1v) is 6.16. The molecule has 0 saturated heterocycles. The van der Waals surface area contributed by atoms with E-state index in [1.807, 2.05) is 6.07 Å². The molecule has 14 heavy (non-hydrogen) atoms. The molecule has 0 aromatic heterocycles. The van der Waals surface area contributed by atoms with Gasteiger partial charge in [-0.15, -0.1) is 0 Å². The summed E-state index contributed by atoms with van der Waals surface area (Å²) in [5.41, 5.74) is 7.41. The molecule has 4 heteroatoms. The van der Waals surface area contributed by atoms with Crippen molar-refractivity contribution in [3.05, 3.63) is 29.3 Å². The molecule has 1 aromatic rings. The first-order chi connectivity index (χ1) is 6.55. The van der Waals surface area contributed by atoms with Crippen molar-refractivity contribution in [2.75, 3.05) is 0 Å². The molecule has 1 aromatic carbocycles. The van der Waals surface area contributed by atoms with Crippen LogP contribution in [0, 0.1) is 0 Å². The van der Waals surface area contributed by atoms with Crippen LogP contribution in [-0.4, -0.2) is 13.7 Å². The Kier molecular flexibility index (Phi) is 2.12. The van der Waals surface area contributed by atoms with Crippen LogP contribution in [0.3, 0.4) is 0 Å². The van der Waals surface area contributed by atoms with E-state index < -0.39 is 9.84 Å². The normalized spacial score (nSPS) is 23.4. The van der Waals surface area contributed by atoms with E-state index in [1.54, 1.807) is 19.1 Å². The lowest BCUT2D eigenvalue weighted by molar-refractivity contribution is 0.590. The van der Waals surface area contributed by atoms with E-state index in [1.165, 1.54) is 0 Å². The Morgan fingerprint density at radius 3 is 2.86 bits per heavy atom. The SMILES string of the molecule is CC1Cc2cc(CN)ccc2S1(=O)=O. The topological polar surface area (TPSA) is 60.2 Å². The van der Waals surface area contributed by atoms with Crippen LogP contribution < -0.4 is 5.73 Å². The third-order valence-corrected chi connectivity index (χ3v) is 4.94. The van der Waals surface area contributed by atoms with E-state index in [0.717, 1.165) is 11.1 Å². The lowest BCUT2D eigenvalue weighted by atomic mass is 10.1. The molecule has 76 valence electrons. The average Bonchev–Trinajstić information content (AvgIpc) is 2.38. The molecule has 3 nitrogen and oxygen atoms in total. The van der Waals surface area contributed by atoms with Gasteiger partial charge in [0.15, 0.2) is 9.84 Å². The van der Waals surface area contributed by atoms with Gasteiger partial charge >= 0.3 is 0 Å². The van der Waals surface area contributed by atoms with Crippen molar-refractivity contribution in [1.82, 2.24) is 0 Å². The maximum absolute atomic E-state index is 11.8. The van der Waals surface area contributed by atoms with Gasteiger partial charge in [-0.05, 0) is 30.5 Å². The van der Waals surface area contributed by atoms with Crippen LogP contribution in [-0.2, 0) is 22.8 Å². The number of sulfone groups is 1. The molecule has 1 unspecified atom stereocenters. The van der Waals surface area contributed by atoms with Crippen molar-refractivity contribution in [1.29, 1.82) is 0 Å². The molecule has 0 spiro atoms. The van der Waals surface area contributed by atoms with E-state index in [-0.39, 0.29) is 5.25 Å². The van der Waals surface area contributed by atoms with Gasteiger partial charge < -0.3 is 5.73 Å². The van der Waals surface area contributed by atoms with Gasteiger partial charge in [0.2, 0.25) is 0 Å². The second kappa shape index (κ2) is 3.07. The molecule has 2 N–H and O–H groups in total. The smallest absolute Gasteiger partial charge is 0.181 e. The Morgan fingerprint density at radius 2 is 2.21 bits per heavy atom. The average molecular weight is 211 g/mol. The molecule has 2 rings (SSSR count). The van der Waals surface area contributed by atoms with Gasteiger partial charge in [-0.2, -0.15) is 0 Å². The summed E-state index contributed by atoms with van der Waals surface area (Å²) in [7, 11) is -3.05. The van der Waals surface area contributed by atoms with Gasteiger partial charge in [-0.3, -0.25) is 0 Å².